The first kappa shape index (κ1) is 17.9. The average molecular weight is 346 g/mol. The van der Waals surface area contributed by atoms with Crippen LogP contribution in [-0.2, 0) is 0 Å². The summed E-state index contributed by atoms with van der Waals surface area (Å²) in [6.45, 7) is 5.11. The van der Waals surface area contributed by atoms with Crippen molar-refractivity contribution in [3.63, 3.8) is 0 Å². The number of carbonyl (C=O) groups is 1. The van der Waals surface area contributed by atoms with E-state index in [2.05, 4.69) is 17.6 Å². The molecule has 2 aliphatic rings. The van der Waals surface area contributed by atoms with Crippen molar-refractivity contribution in [3.05, 3.63) is 17.7 Å². The second-order valence-corrected chi connectivity index (χ2v) is 7.99. The Bertz CT molecular complexity index is 643. The van der Waals surface area contributed by atoms with Crippen LogP contribution in [0.2, 0.25) is 0 Å². The van der Waals surface area contributed by atoms with Crippen LogP contribution in [0, 0.1) is 5.92 Å². The largest absolute Gasteiger partial charge is 0.397 e. The van der Waals surface area contributed by atoms with Gasteiger partial charge in [-0.1, -0.05) is 6.92 Å². The number of nitrogens with zero attached hydrogens (tertiary/aromatic N) is 1. The number of hydrogen-bond acceptors (Lipinski definition) is 5. The zero-order chi connectivity index (χ0) is 18.2. The second-order valence-electron chi connectivity index (χ2n) is 7.99. The van der Waals surface area contributed by atoms with E-state index in [-0.39, 0.29) is 11.9 Å². The number of anilines is 3. The van der Waals surface area contributed by atoms with Gasteiger partial charge in [0.15, 0.2) is 0 Å². The van der Waals surface area contributed by atoms with Gasteiger partial charge in [0.1, 0.15) is 0 Å². The van der Waals surface area contributed by atoms with E-state index in [9.17, 15) is 9.90 Å². The summed E-state index contributed by atoms with van der Waals surface area (Å²) in [7, 11) is 1.81. The van der Waals surface area contributed by atoms with Gasteiger partial charge in [0.05, 0.1) is 28.2 Å². The molecular formula is C19H30N4O2. The maximum absolute atomic E-state index is 12.9. The molecule has 0 radical (unpaired) electrons. The van der Waals surface area contributed by atoms with E-state index in [1.807, 2.05) is 24.9 Å². The lowest BCUT2D eigenvalue weighted by Crippen LogP contribution is -2.60. The van der Waals surface area contributed by atoms with E-state index in [0.717, 1.165) is 43.0 Å². The summed E-state index contributed by atoms with van der Waals surface area (Å²) in [4.78, 5) is 14.9. The van der Waals surface area contributed by atoms with Gasteiger partial charge in [0.2, 0.25) is 0 Å². The summed E-state index contributed by atoms with van der Waals surface area (Å²) in [5.74, 6) is 0.674. The third kappa shape index (κ3) is 3.84. The lowest BCUT2D eigenvalue weighted by molar-refractivity contribution is 0.0308. The van der Waals surface area contributed by atoms with Crippen molar-refractivity contribution < 1.29 is 9.90 Å². The highest BCUT2D eigenvalue weighted by Gasteiger charge is 2.38. The van der Waals surface area contributed by atoms with Crippen LogP contribution in [0.25, 0.3) is 0 Å². The predicted octanol–water partition coefficient (Wildman–Crippen LogP) is 2.19. The summed E-state index contributed by atoms with van der Waals surface area (Å²) in [5.41, 5.74) is 8.16. The average Bonchev–Trinajstić information content (AvgIpc) is 2.54. The lowest BCUT2D eigenvalue weighted by atomic mass is 9.87. The fourth-order valence-corrected chi connectivity index (χ4v) is 3.88. The van der Waals surface area contributed by atoms with E-state index in [1.54, 1.807) is 6.07 Å². The Labute approximate surface area is 149 Å². The van der Waals surface area contributed by atoms with Crippen LogP contribution in [-0.4, -0.2) is 42.8 Å². The topological polar surface area (TPSA) is 90.6 Å². The quantitative estimate of drug-likeness (QED) is 0.628. The summed E-state index contributed by atoms with van der Waals surface area (Å²) in [6, 6.07) is 3.89. The van der Waals surface area contributed by atoms with Gasteiger partial charge in [0.25, 0.3) is 5.91 Å². The van der Waals surface area contributed by atoms with Crippen LogP contribution in [0.4, 0.5) is 17.1 Å². The number of hydrogen-bond donors (Lipinski definition) is 4. The standard InChI is InChI=1S/C19H30N4O2/c1-12-4-6-13(7-5-12)22-18(24)14-8-15(20)16(21-3)9-17(14)23-10-19(2,25)11-23/h8-9,12-13,21,25H,4-7,10-11,20H2,1-3H3,(H,22,24). The molecule has 1 aromatic carbocycles. The summed E-state index contributed by atoms with van der Waals surface area (Å²) in [5, 5.41) is 16.3. The molecule has 1 amide bonds. The Morgan fingerprint density at radius 1 is 1.28 bits per heavy atom. The van der Waals surface area contributed by atoms with Crippen molar-refractivity contribution in [2.24, 2.45) is 5.92 Å². The molecule has 2 fully saturated rings. The van der Waals surface area contributed by atoms with Gasteiger partial charge < -0.3 is 26.4 Å². The second kappa shape index (κ2) is 6.75. The molecule has 138 valence electrons. The van der Waals surface area contributed by atoms with Gasteiger partial charge in [-0.2, -0.15) is 0 Å². The van der Waals surface area contributed by atoms with Gasteiger partial charge in [-0.15, -0.1) is 0 Å². The molecule has 0 spiro atoms. The highest BCUT2D eigenvalue weighted by molar-refractivity contribution is 6.02. The molecule has 5 N–H and O–H groups in total. The van der Waals surface area contributed by atoms with Crippen molar-refractivity contribution in [2.45, 2.75) is 51.2 Å². The number of benzene rings is 1. The van der Waals surface area contributed by atoms with E-state index < -0.39 is 5.60 Å². The van der Waals surface area contributed by atoms with Gasteiger partial charge in [-0.25, -0.2) is 0 Å². The Hall–Kier alpha value is -1.95. The van der Waals surface area contributed by atoms with Crippen molar-refractivity contribution >= 4 is 23.0 Å². The molecular weight excluding hydrogens is 316 g/mol. The molecule has 25 heavy (non-hydrogen) atoms. The number of nitrogens with two attached hydrogens (primary N) is 1. The maximum atomic E-state index is 12.9. The third-order valence-corrected chi connectivity index (χ3v) is 5.44. The van der Waals surface area contributed by atoms with E-state index in [1.165, 1.54) is 0 Å². The zero-order valence-electron chi connectivity index (χ0n) is 15.4. The number of β-amino-alcohol motifs (C(OH)–C–C–N with tert-alkyl or cyclic N) is 1. The Morgan fingerprint density at radius 3 is 2.48 bits per heavy atom. The number of amides is 1. The van der Waals surface area contributed by atoms with Crippen LogP contribution >= 0.6 is 0 Å². The Kier molecular flexibility index (Phi) is 4.82. The van der Waals surface area contributed by atoms with E-state index in [0.29, 0.717) is 24.3 Å². The zero-order valence-corrected chi connectivity index (χ0v) is 15.4. The molecule has 6 heteroatoms. The molecule has 0 aromatic heterocycles. The minimum absolute atomic E-state index is 0.0737. The molecule has 1 saturated heterocycles. The molecule has 1 saturated carbocycles. The monoisotopic (exact) mass is 346 g/mol. The molecule has 6 nitrogen and oxygen atoms in total. The molecule has 1 aliphatic carbocycles. The van der Waals surface area contributed by atoms with Crippen molar-refractivity contribution in [3.8, 4) is 0 Å². The number of carbonyl (C=O) groups excluding carboxylic acids is 1. The Balaban J connectivity index is 1.81. The third-order valence-electron chi connectivity index (χ3n) is 5.44. The molecule has 1 aliphatic heterocycles. The van der Waals surface area contributed by atoms with Crippen LogP contribution in [0.15, 0.2) is 12.1 Å². The SMILES string of the molecule is CNc1cc(N2CC(C)(O)C2)c(C(=O)NC2CCC(C)CC2)cc1N. The van der Waals surface area contributed by atoms with Gasteiger partial charge in [-0.3, -0.25) is 4.79 Å². The highest BCUT2D eigenvalue weighted by Crippen LogP contribution is 2.35. The highest BCUT2D eigenvalue weighted by atomic mass is 16.3. The smallest absolute Gasteiger partial charge is 0.253 e. The summed E-state index contributed by atoms with van der Waals surface area (Å²) in [6.07, 6.45) is 4.39. The number of rotatable bonds is 4. The summed E-state index contributed by atoms with van der Waals surface area (Å²) >= 11 is 0. The minimum atomic E-state index is -0.700. The van der Waals surface area contributed by atoms with Gasteiger partial charge in [-0.05, 0) is 50.7 Å². The van der Waals surface area contributed by atoms with Crippen molar-refractivity contribution in [1.82, 2.24) is 5.32 Å². The summed E-state index contributed by atoms with van der Waals surface area (Å²) < 4.78 is 0. The lowest BCUT2D eigenvalue weighted by Gasteiger charge is -2.46. The fourth-order valence-electron chi connectivity index (χ4n) is 3.88. The fraction of sp³-hybridized carbons (Fsp3) is 0.632. The Morgan fingerprint density at radius 2 is 1.92 bits per heavy atom. The van der Waals surface area contributed by atoms with Crippen LogP contribution in [0.3, 0.4) is 0 Å². The van der Waals surface area contributed by atoms with Crippen LogP contribution in [0.5, 0.6) is 0 Å². The molecule has 1 aromatic rings. The molecule has 0 bridgehead atoms. The van der Waals surface area contributed by atoms with Crippen LogP contribution in [0.1, 0.15) is 49.9 Å². The molecule has 3 rings (SSSR count). The number of aliphatic hydroxyl groups is 1. The maximum Gasteiger partial charge on any atom is 0.253 e. The van der Waals surface area contributed by atoms with Gasteiger partial charge in [0, 0.05) is 26.2 Å². The number of nitrogens with one attached hydrogen (secondary N) is 2. The predicted molar refractivity (Wildman–Crippen MR) is 102 cm³/mol. The van der Waals surface area contributed by atoms with Crippen molar-refractivity contribution in [2.75, 3.05) is 36.1 Å². The van der Waals surface area contributed by atoms with E-state index in [4.69, 9.17) is 5.73 Å². The molecule has 0 atom stereocenters. The first-order valence-electron chi connectivity index (χ1n) is 9.18. The van der Waals surface area contributed by atoms with Crippen LogP contribution < -0.4 is 21.3 Å². The molecule has 1 heterocycles. The van der Waals surface area contributed by atoms with E-state index >= 15 is 0 Å². The molecule has 0 unspecified atom stereocenters. The normalized spacial score (nSPS) is 25.2. The first-order valence-corrected chi connectivity index (χ1v) is 9.18. The van der Waals surface area contributed by atoms with Crippen molar-refractivity contribution in [1.29, 1.82) is 0 Å². The minimum Gasteiger partial charge on any atom is -0.397 e. The first-order chi connectivity index (χ1) is 11.8. The van der Waals surface area contributed by atoms with Gasteiger partial charge >= 0.3 is 0 Å². The number of nitrogen functional groups attached to an aromatic ring is 1.